The summed E-state index contributed by atoms with van der Waals surface area (Å²) in [4.78, 5) is 18.0. The second-order valence-corrected chi connectivity index (χ2v) is 8.07. The van der Waals surface area contributed by atoms with Gasteiger partial charge in [-0.3, -0.25) is 9.36 Å². The molecule has 0 fully saturated rings. The molecule has 0 radical (unpaired) electrons. The molecule has 4 aromatic rings. The molecule has 0 bridgehead atoms. The average molecular weight is 443 g/mol. The highest BCUT2D eigenvalue weighted by Crippen LogP contribution is 2.29. The van der Waals surface area contributed by atoms with Gasteiger partial charge in [0.1, 0.15) is 5.75 Å². The smallest absolute Gasteiger partial charge is 0.266 e. The van der Waals surface area contributed by atoms with Gasteiger partial charge in [0, 0.05) is 10.8 Å². The molecule has 0 N–H and O–H groups in total. The number of ether oxygens (including phenoxy) is 1. The summed E-state index contributed by atoms with van der Waals surface area (Å²) in [5.74, 6) is 1.43. The fraction of sp³-hybridized carbons (Fsp3) is 0.0909. The van der Waals surface area contributed by atoms with E-state index in [4.69, 9.17) is 32.9 Å². The number of benzene rings is 3. The van der Waals surface area contributed by atoms with Crippen LogP contribution in [0.3, 0.4) is 0 Å². The summed E-state index contributed by atoms with van der Waals surface area (Å²) in [7, 11) is 1.64. The quantitative estimate of drug-likeness (QED) is 0.281. The number of para-hydroxylation sites is 1. The minimum absolute atomic E-state index is 0.183. The van der Waals surface area contributed by atoms with Gasteiger partial charge in [0.2, 0.25) is 0 Å². The van der Waals surface area contributed by atoms with E-state index in [1.54, 1.807) is 31.4 Å². The van der Waals surface area contributed by atoms with Crippen molar-refractivity contribution < 1.29 is 4.74 Å². The molecule has 146 valence electrons. The molecule has 0 aliphatic rings. The number of nitrogens with zero attached hydrogens (tertiary/aromatic N) is 2. The minimum Gasteiger partial charge on any atom is -0.497 e. The van der Waals surface area contributed by atoms with Crippen LogP contribution < -0.4 is 10.3 Å². The number of rotatable bonds is 5. The van der Waals surface area contributed by atoms with Crippen LogP contribution in [0, 0.1) is 0 Å². The van der Waals surface area contributed by atoms with Gasteiger partial charge in [-0.1, -0.05) is 59.2 Å². The Hall–Kier alpha value is -2.47. The van der Waals surface area contributed by atoms with Gasteiger partial charge in [-0.05, 0) is 48.0 Å². The number of thioether (sulfide) groups is 1. The molecule has 0 spiro atoms. The molecule has 0 unspecified atom stereocenters. The number of aromatic nitrogens is 2. The molecular formula is C22H16Cl2N2O2S. The number of hydrogen-bond acceptors (Lipinski definition) is 4. The largest absolute Gasteiger partial charge is 0.497 e. The van der Waals surface area contributed by atoms with Crippen LogP contribution in [0.2, 0.25) is 10.0 Å². The summed E-state index contributed by atoms with van der Waals surface area (Å²) in [6.45, 7) is 0. The molecule has 0 saturated carbocycles. The standard InChI is InChI=1S/C22H16Cl2N2O2S/c1-28-16-9-6-14(7-10-16)13-29-22-25-19-5-3-2-4-17(19)21(27)26(22)20-12-15(23)8-11-18(20)24/h2-12H,13H2,1H3. The summed E-state index contributed by atoms with van der Waals surface area (Å²) in [5.41, 5.74) is 2.06. The molecule has 4 nitrogen and oxygen atoms in total. The van der Waals surface area contributed by atoms with E-state index in [-0.39, 0.29) is 5.56 Å². The topological polar surface area (TPSA) is 44.1 Å². The number of fused-ring (bicyclic) bond motifs is 1. The van der Waals surface area contributed by atoms with E-state index < -0.39 is 0 Å². The van der Waals surface area contributed by atoms with E-state index in [1.165, 1.54) is 16.3 Å². The third kappa shape index (κ3) is 4.13. The van der Waals surface area contributed by atoms with Gasteiger partial charge < -0.3 is 4.74 Å². The predicted octanol–water partition coefficient (Wildman–Crippen LogP) is 5.99. The first-order chi connectivity index (χ1) is 14.1. The summed E-state index contributed by atoms with van der Waals surface area (Å²) < 4.78 is 6.74. The normalized spacial score (nSPS) is 11.0. The molecule has 0 aliphatic carbocycles. The van der Waals surface area contributed by atoms with Gasteiger partial charge in [-0.25, -0.2) is 4.98 Å². The van der Waals surface area contributed by atoms with E-state index in [2.05, 4.69) is 0 Å². The zero-order valence-electron chi connectivity index (χ0n) is 15.4. The fourth-order valence-electron chi connectivity index (χ4n) is 2.95. The van der Waals surface area contributed by atoms with Crippen molar-refractivity contribution in [2.24, 2.45) is 0 Å². The lowest BCUT2D eigenvalue weighted by molar-refractivity contribution is 0.414. The van der Waals surface area contributed by atoms with E-state index >= 15 is 0 Å². The van der Waals surface area contributed by atoms with E-state index in [0.717, 1.165) is 11.3 Å². The van der Waals surface area contributed by atoms with Crippen molar-refractivity contribution in [1.82, 2.24) is 9.55 Å². The average Bonchev–Trinajstić information content (AvgIpc) is 2.75. The molecule has 0 atom stereocenters. The highest BCUT2D eigenvalue weighted by Gasteiger charge is 2.16. The molecule has 29 heavy (non-hydrogen) atoms. The molecule has 4 rings (SSSR count). The van der Waals surface area contributed by atoms with Crippen molar-refractivity contribution in [3.63, 3.8) is 0 Å². The van der Waals surface area contributed by atoms with E-state index in [1.807, 2.05) is 42.5 Å². The monoisotopic (exact) mass is 442 g/mol. The van der Waals surface area contributed by atoms with Gasteiger partial charge in [-0.15, -0.1) is 0 Å². The van der Waals surface area contributed by atoms with Gasteiger partial charge in [-0.2, -0.15) is 0 Å². The Kier molecular flexibility index (Phi) is 5.81. The van der Waals surface area contributed by atoms with Crippen LogP contribution in [0.25, 0.3) is 16.6 Å². The van der Waals surface area contributed by atoms with E-state index in [9.17, 15) is 4.79 Å². The number of methoxy groups -OCH3 is 1. The maximum Gasteiger partial charge on any atom is 0.266 e. The maximum absolute atomic E-state index is 13.3. The summed E-state index contributed by atoms with van der Waals surface area (Å²) >= 11 is 14.0. The second-order valence-electron chi connectivity index (χ2n) is 6.28. The van der Waals surface area contributed by atoms with Gasteiger partial charge >= 0.3 is 0 Å². The minimum atomic E-state index is -0.183. The first-order valence-electron chi connectivity index (χ1n) is 8.80. The molecule has 1 aromatic heterocycles. The SMILES string of the molecule is COc1ccc(CSc2nc3ccccc3c(=O)n2-c2cc(Cl)ccc2Cl)cc1. The lowest BCUT2D eigenvalue weighted by Crippen LogP contribution is -2.22. The molecule has 3 aromatic carbocycles. The molecular weight excluding hydrogens is 427 g/mol. The Balaban J connectivity index is 1.82. The van der Waals surface area contributed by atoms with Crippen molar-refractivity contribution in [2.75, 3.05) is 7.11 Å². The predicted molar refractivity (Wildman–Crippen MR) is 120 cm³/mol. The Morgan fingerprint density at radius 3 is 2.55 bits per heavy atom. The summed E-state index contributed by atoms with van der Waals surface area (Å²) in [5, 5.41) is 2.00. The highest BCUT2D eigenvalue weighted by molar-refractivity contribution is 7.98. The molecule has 1 heterocycles. The first kappa shape index (κ1) is 19.8. The van der Waals surface area contributed by atoms with Crippen LogP contribution in [0.1, 0.15) is 5.56 Å². The number of halogens is 2. The van der Waals surface area contributed by atoms with Gasteiger partial charge in [0.15, 0.2) is 5.16 Å². The lowest BCUT2D eigenvalue weighted by Gasteiger charge is -2.15. The Bertz CT molecular complexity index is 1240. The molecule has 7 heteroatoms. The highest BCUT2D eigenvalue weighted by atomic mass is 35.5. The third-order valence-electron chi connectivity index (χ3n) is 4.42. The van der Waals surface area contributed by atoms with Crippen LogP contribution in [0.15, 0.2) is 76.7 Å². The summed E-state index contributed by atoms with van der Waals surface area (Å²) in [6.07, 6.45) is 0. The zero-order chi connectivity index (χ0) is 20.4. The maximum atomic E-state index is 13.3. The van der Waals surface area contributed by atoms with Crippen LogP contribution >= 0.6 is 35.0 Å². The van der Waals surface area contributed by atoms with Crippen LogP contribution in [-0.4, -0.2) is 16.7 Å². The van der Waals surface area contributed by atoms with Crippen molar-refractivity contribution in [3.8, 4) is 11.4 Å². The van der Waals surface area contributed by atoms with Crippen LogP contribution in [0.5, 0.6) is 5.75 Å². The molecule has 0 aliphatic heterocycles. The number of hydrogen-bond donors (Lipinski definition) is 0. The lowest BCUT2D eigenvalue weighted by atomic mass is 10.2. The zero-order valence-corrected chi connectivity index (χ0v) is 17.8. The molecule has 0 saturated heterocycles. The second kappa shape index (κ2) is 8.49. The van der Waals surface area contributed by atoms with Crippen LogP contribution in [-0.2, 0) is 5.75 Å². The Morgan fingerprint density at radius 2 is 1.79 bits per heavy atom. The van der Waals surface area contributed by atoms with Crippen LogP contribution in [0.4, 0.5) is 0 Å². The van der Waals surface area contributed by atoms with E-state index in [0.29, 0.717) is 37.5 Å². The fourth-order valence-corrected chi connectivity index (χ4v) is 4.28. The summed E-state index contributed by atoms with van der Waals surface area (Å²) in [6, 6.07) is 20.1. The Morgan fingerprint density at radius 1 is 1.03 bits per heavy atom. The first-order valence-corrected chi connectivity index (χ1v) is 10.5. The van der Waals surface area contributed by atoms with Gasteiger partial charge in [0.25, 0.3) is 5.56 Å². The Labute approximate surface area is 182 Å². The van der Waals surface area contributed by atoms with Crippen molar-refractivity contribution in [1.29, 1.82) is 0 Å². The van der Waals surface area contributed by atoms with Crippen molar-refractivity contribution in [2.45, 2.75) is 10.9 Å². The van der Waals surface area contributed by atoms with Gasteiger partial charge in [0.05, 0.1) is 28.7 Å². The van der Waals surface area contributed by atoms with Crippen molar-refractivity contribution in [3.05, 3.63) is 92.7 Å². The van der Waals surface area contributed by atoms with Crippen molar-refractivity contribution >= 4 is 45.9 Å². The third-order valence-corrected chi connectivity index (χ3v) is 5.99. The molecule has 0 amide bonds.